The number of hydrogen-bond donors (Lipinski definition) is 1. The summed E-state index contributed by atoms with van der Waals surface area (Å²) in [6.45, 7) is 8.94. The summed E-state index contributed by atoms with van der Waals surface area (Å²) in [7, 11) is -2.57. The maximum Gasteiger partial charge on any atom is 0.240 e. The molecule has 4 aromatic rings. The fraction of sp³-hybridized carbons (Fsp3) is 0.481. The van der Waals surface area contributed by atoms with Crippen molar-refractivity contribution >= 4 is 16.0 Å². The van der Waals surface area contributed by atoms with E-state index in [1.807, 2.05) is 27.7 Å². The molecule has 0 unspecified atom stereocenters. The topological polar surface area (TPSA) is 160 Å². The fourth-order valence-corrected chi connectivity index (χ4v) is 5.75. The highest BCUT2D eigenvalue weighted by Gasteiger charge is 2.41. The molecular weight excluding hydrogens is 548 g/mol. The predicted molar refractivity (Wildman–Crippen MR) is 150 cm³/mol. The molecule has 0 spiro atoms. The van der Waals surface area contributed by atoms with E-state index in [2.05, 4.69) is 35.0 Å². The summed E-state index contributed by atoms with van der Waals surface area (Å²) in [5.41, 5.74) is 2.85. The van der Waals surface area contributed by atoms with Gasteiger partial charge in [0.15, 0.2) is 11.6 Å². The molecule has 1 aliphatic rings. The highest BCUT2D eigenvalue weighted by Crippen LogP contribution is 2.47. The van der Waals surface area contributed by atoms with Crippen LogP contribution in [0.2, 0.25) is 0 Å². The van der Waals surface area contributed by atoms with E-state index in [9.17, 15) is 8.42 Å². The zero-order valence-corrected chi connectivity index (χ0v) is 24.7. The Morgan fingerprint density at radius 3 is 2.44 bits per heavy atom. The van der Waals surface area contributed by atoms with Crippen LogP contribution in [0.5, 0.6) is 5.88 Å². The van der Waals surface area contributed by atoms with Crippen molar-refractivity contribution in [1.29, 1.82) is 0 Å². The van der Waals surface area contributed by atoms with Crippen molar-refractivity contribution in [2.45, 2.75) is 71.0 Å². The Hall–Kier alpha value is -3.91. The van der Waals surface area contributed by atoms with Crippen LogP contribution in [0.3, 0.4) is 0 Å². The second-order valence-electron chi connectivity index (χ2n) is 10.5. The van der Waals surface area contributed by atoms with E-state index in [0.717, 1.165) is 24.0 Å². The van der Waals surface area contributed by atoms with E-state index >= 15 is 0 Å². The fourth-order valence-electron chi connectivity index (χ4n) is 4.66. The molecule has 0 amide bonds. The van der Waals surface area contributed by atoms with Crippen molar-refractivity contribution < 1.29 is 22.4 Å². The molecule has 1 N–H and O–H groups in total. The molecule has 0 aliphatic heterocycles. The number of pyridine rings is 1. The van der Waals surface area contributed by atoms with E-state index in [-0.39, 0.29) is 29.8 Å². The van der Waals surface area contributed by atoms with E-state index < -0.39 is 21.4 Å². The van der Waals surface area contributed by atoms with E-state index in [1.54, 1.807) is 48.3 Å². The maximum atomic E-state index is 13.9. The average molecular weight is 583 g/mol. The summed E-state index contributed by atoms with van der Waals surface area (Å²) in [5, 5.41) is 11.7. The number of nitrogens with zero attached hydrogens (tertiary/aromatic N) is 7. The maximum absolute atomic E-state index is 13.9. The first-order chi connectivity index (χ1) is 19.6. The van der Waals surface area contributed by atoms with Gasteiger partial charge in [0, 0.05) is 24.0 Å². The van der Waals surface area contributed by atoms with Gasteiger partial charge in [-0.05, 0) is 65.0 Å². The van der Waals surface area contributed by atoms with E-state index in [1.165, 1.54) is 7.11 Å². The lowest BCUT2D eigenvalue weighted by molar-refractivity contribution is 0.00152. The van der Waals surface area contributed by atoms with Gasteiger partial charge < -0.3 is 14.0 Å². The minimum atomic E-state index is -4.10. The molecule has 14 heteroatoms. The Kier molecular flexibility index (Phi) is 8.04. The molecule has 0 saturated heterocycles. The van der Waals surface area contributed by atoms with Gasteiger partial charge in [0.2, 0.25) is 21.9 Å². The third-order valence-corrected chi connectivity index (χ3v) is 8.63. The van der Waals surface area contributed by atoms with Crippen LogP contribution in [0.15, 0.2) is 41.4 Å². The molecule has 0 radical (unpaired) electrons. The van der Waals surface area contributed by atoms with Crippen LogP contribution >= 0.6 is 0 Å². The molecule has 41 heavy (non-hydrogen) atoms. The monoisotopic (exact) mass is 582 g/mol. The standard InChI is InChI=1S/C27H34N8O5S/c1-15(2)40-24(25-28-12-16(3)13-29-25)18(5)41(36,37)34-27-32-31-26(21-8-7-9-22(30-21)38-6)35(27)23(19-10-11-19)20-14-39-33-17(20)4/h7-9,12-15,18-19,23-24H,10-11H2,1-6H3,(H,32,34)/t18-,23-,24+/m0/s1. The Morgan fingerprint density at radius 2 is 1.83 bits per heavy atom. The van der Waals surface area contributed by atoms with E-state index in [4.69, 9.17) is 14.0 Å². The number of rotatable bonds is 12. The van der Waals surface area contributed by atoms with Crippen LogP contribution in [-0.4, -0.2) is 61.8 Å². The summed E-state index contributed by atoms with van der Waals surface area (Å²) in [5.74, 6) is 1.29. The van der Waals surface area contributed by atoms with Crippen LogP contribution in [0.25, 0.3) is 11.5 Å². The zero-order valence-electron chi connectivity index (χ0n) is 23.8. The van der Waals surface area contributed by atoms with Crippen molar-refractivity contribution in [3.05, 3.63) is 59.5 Å². The quantitative estimate of drug-likeness (QED) is 0.257. The Labute approximate surface area is 238 Å². The van der Waals surface area contributed by atoms with Crippen LogP contribution in [0, 0.1) is 19.8 Å². The number of methoxy groups -OCH3 is 1. The normalized spacial score (nSPS) is 16.0. The first-order valence-electron chi connectivity index (χ1n) is 13.4. The van der Waals surface area contributed by atoms with Gasteiger partial charge in [-0.2, -0.15) is 0 Å². The Balaban J connectivity index is 1.58. The third kappa shape index (κ3) is 6.07. The summed E-state index contributed by atoms with van der Waals surface area (Å²) < 4.78 is 49.0. The van der Waals surface area contributed by atoms with Gasteiger partial charge in [0.05, 0.1) is 24.9 Å². The zero-order chi connectivity index (χ0) is 29.3. The molecule has 4 aromatic heterocycles. The smallest absolute Gasteiger partial charge is 0.240 e. The SMILES string of the molecule is COc1cccc(-c2nnc(NS(=O)(=O)[C@@H](C)[C@@H](OC(C)C)c3ncc(C)cn3)n2[C@H](c2conc2C)C2CC2)n1. The summed E-state index contributed by atoms with van der Waals surface area (Å²) in [6, 6.07) is 4.95. The van der Waals surface area contributed by atoms with Gasteiger partial charge in [0.25, 0.3) is 0 Å². The molecular formula is C27H34N8O5S. The van der Waals surface area contributed by atoms with Crippen molar-refractivity contribution in [1.82, 2.24) is 34.9 Å². The van der Waals surface area contributed by atoms with Gasteiger partial charge in [-0.3, -0.25) is 9.29 Å². The van der Waals surface area contributed by atoms with Crippen molar-refractivity contribution in [2.75, 3.05) is 11.8 Å². The Bertz CT molecular complexity index is 1600. The number of sulfonamides is 1. The van der Waals surface area contributed by atoms with Crippen LogP contribution < -0.4 is 9.46 Å². The average Bonchev–Trinajstić information content (AvgIpc) is 3.58. The van der Waals surface area contributed by atoms with Crippen molar-refractivity contribution in [3.8, 4) is 17.4 Å². The highest BCUT2D eigenvalue weighted by molar-refractivity contribution is 7.93. The summed E-state index contributed by atoms with van der Waals surface area (Å²) >= 11 is 0. The predicted octanol–water partition coefficient (Wildman–Crippen LogP) is 4.04. The molecule has 1 fully saturated rings. The third-order valence-electron chi connectivity index (χ3n) is 6.93. The molecule has 1 aliphatic carbocycles. The van der Waals surface area contributed by atoms with Crippen LogP contribution in [0.1, 0.15) is 68.4 Å². The first-order valence-corrected chi connectivity index (χ1v) is 15.0. The summed E-state index contributed by atoms with van der Waals surface area (Å²) in [6.07, 6.45) is 5.54. The lowest BCUT2D eigenvalue weighted by Gasteiger charge is -2.26. The van der Waals surface area contributed by atoms with Crippen molar-refractivity contribution in [3.63, 3.8) is 0 Å². The number of anilines is 1. The molecule has 0 bridgehead atoms. The summed E-state index contributed by atoms with van der Waals surface area (Å²) in [4.78, 5) is 13.3. The van der Waals surface area contributed by atoms with Crippen molar-refractivity contribution in [2.24, 2.45) is 5.92 Å². The minimum Gasteiger partial charge on any atom is -0.481 e. The molecule has 13 nitrogen and oxygen atoms in total. The lowest BCUT2D eigenvalue weighted by atomic mass is 10.0. The molecule has 5 rings (SSSR count). The number of ether oxygens (including phenoxy) is 2. The molecule has 218 valence electrons. The molecule has 1 saturated carbocycles. The van der Waals surface area contributed by atoms with Gasteiger partial charge in [0.1, 0.15) is 23.3 Å². The second kappa shape index (κ2) is 11.5. The van der Waals surface area contributed by atoms with Gasteiger partial charge >= 0.3 is 0 Å². The number of aryl methyl sites for hydroxylation is 2. The largest absolute Gasteiger partial charge is 0.481 e. The highest BCUT2D eigenvalue weighted by atomic mass is 32.2. The second-order valence-corrected chi connectivity index (χ2v) is 12.5. The van der Waals surface area contributed by atoms with Gasteiger partial charge in [-0.1, -0.05) is 11.2 Å². The van der Waals surface area contributed by atoms with Crippen LogP contribution in [-0.2, 0) is 14.8 Å². The molecule has 0 aromatic carbocycles. The molecule has 3 atom stereocenters. The lowest BCUT2D eigenvalue weighted by Crippen LogP contribution is -2.35. The van der Waals surface area contributed by atoms with Gasteiger partial charge in [-0.25, -0.2) is 23.4 Å². The van der Waals surface area contributed by atoms with Gasteiger partial charge in [-0.15, -0.1) is 10.2 Å². The van der Waals surface area contributed by atoms with Crippen LogP contribution in [0.4, 0.5) is 5.95 Å². The number of nitrogens with one attached hydrogen (secondary N) is 1. The number of aromatic nitrogens is 7. The first kappa shape index (κ1) is 28.6. The minimum absolute atomic E-state index is 0.0436. The Morgan fingerprint density at radius 1 is 1.10 bits per heavy atom. The number of hydrogen-bond acceptors (Lipinski definition) is 11. The van der Waals surface area contributed by atoms with E-state index in [0.29, 0.717) is 23.1 Å². The molecule has 4 heterocycles.